The Morgan fingerprint density at radius 3 is 2.83 bits per heavy atom. The molecular weight excluding hydrogens is 294 g/mol. The second-order valence-corrected chi connectivity index (χ2v) is 5.88. The highest BCUT2D eigenvalue weighted by atomic mass is 16.2. The van der Waals surface area contributed by atoms with E-state index < -0.39 is 0 Å². The van der Waals surface area contributed by atoms with Crippen molar-refractivity contribution in [2.75, 3.05) is 0 Å². The quantitative estimate of drug-likeness (QED) is 0.882. The largest absolute Gasteiger partial charge is 0.349 e. The highest BCUT2D eigenvalue weighted by Gasteiger charge is 2.32. The minimum atomic E-state index is -0.357. The van der Waals surface area contributed by atoms with Crippen LogP contribution in [0.5, 0.6) is 0 Å². The van der Waals surface area contributed by atoms with Crippen molar-refractivity contribution in [1.29, 1.82) is 0 Å². The lowest BCUT2D eigenvalue weighted by molar-refractivity contribution is -0.127. The van der Waals surface area contributed by atoms with Gasteiger partial charge in [0, 0.05) is 5.56 Å². The third-order valence-corrected chi connectivity index (χ3v) is 3.92. The first-order valence-corrected chi connectivity index (χ1v) is 7.62. The Morgan fingerprint density at radius 2 is 2.13 bits per heavy atom. The highest BCUT2D eigenvalue weighted by molar-refractivity contribution is 5.94. The Hall–Kier alpha value is -2.70. The molecule has 0 bridgehead atoms. The molecular formula is C16H19N5O2. The van der Waals surface area contributed by atoms with E-state index in [4.69, 9.17) is 0 Å². The van der Waals surface area contributed by atoms with Crippen LogP contribution in [0, 0.1) is 5.92 Å². The molecule has 1 aromatic heterocycles. The lowest BCUT2D eigenvalue weighted by Crippen LogP contribution is -2.42. The monoisotopic (exact) mass is 313 g/mol. The van der Waals surface area contributed by atoms with Gasteiger partial charge >= 0.3 is 0 Å². The number of rotatable bonds is 4. The standard InChI is InChI=1S/C16H19N5O2/c1-10(2)14-16(23)18-9-13-12(19-20-21(13)14)8-17-15(22)11-6-4-3-5-7-11/h3-7,10,14H,8-9H2,1-2H3,(H,17,22)(H,18,23). The molecule has 0 saturated heterocycles. The van der Waals surface area contributed by atoms with Gasteiger partial charge in [-0.1, -0.05) is 37.3 Å². The van der Waals surface area contributed by atoms with Gasteiger partial charge in [0.05, 0.1) is 18.8 Å². The summed E-state index contributed by atoms with van der Waals surface area (Å²) in [6.45, 7) is 4.60. The third-order valence-electron chi connectivity index (χ3n) is 3.92. The van der Waals surface area contributed by atoms with Crippen LogP contribution in [0.25, 0.3) is 0 Å². The summed E-state index contributed by atoms with van der Waals surface area (Å²) in [6.07, 6.45) is 0. The number of hydrogen-bond acceptors (Lipinski definition) is 4. The Kier molecular flexibility index (Phi) is 4.10. The van der Waals surface area contributed by atoms with Crippen LogP contribution in [0.1, 0.15) is 41.6 Å². The summed E-state index contributed by atoms with van der Waals surface area (Å²) < 4.78 is 1.67. The van der Waals surface area contributed by atoms with Crippen LogP contribution in [-0.4, -0.2) is 26.8 Å². The minimum absolute atomic E-state index is 0.0442. The Balaban J connectivity index is 1.75. The van der Waals surface area contributed by atoms with Crippen molar-refractivity contribution < 1.29 is 9.59 Å². The number of amides is 2. The second-order valence-electron chi connectivity index (χ2n) is 5.88. The number of aromatic nitrogens is 3. The summed E-state index contributed by atoms with van der Waals surface area (Å²) in [5, 5.41) is 14.0. The molecule has 120 valence electrons. The predicted octanol–water partition coefficient (Wildman–Crippen LogP) is 1.03. The first-order valence-electron chi connectivity index (χ1n) is 7.62. The maximum Gasteiger partial charge on any atom is 0.251 e. The van der Waals surface area contributed by atoms with Crippen molar-refractivity contribution in [2.24, 2.45) is 5.92 Å². The molecule has 2 heterocycles. The smallest absolute Gasteiger partial charge is 0.251 e. The van der Waals surface area contributed by atoms with Gasteiger partial charge < -0.3 is 10.6 Å². The normalized spacial score (nSPS) is 16.8. The van der Waals surface area contributed by atoms with Crippen LogP contribution in [-0.2, 0) is 17.9 Å². The van der Waals surface area contributed by atoms with E-state index >= 15 is 0 Å². The van der Waals surface area contributed by atoms with Crippen LogP contribution >= 0.6 is 0 Å². The lowest BCUT2D eigenvalue weighted by Gasteiger charge is -2.26. The minimum Gasteiger partial charge on any atom is -0.349 e. The van der Waals surface area contributed by atoms with Crippen molar-refractivity contribution in [3.8, 4) is 0 Å². The van der Waals surface area contributed by atoms with E-state index in [0.29, 0.717) is 17.8 Å². The first kappa shape index (κ1) is 15.2. The maximum atomic E-state index is 12.1. The molecule has 1 aliphatic heterocycles. The van der Waals surface area contributed by atoms with E-state index in [-0.39, 0.29) is 30.3 Å². The molecule has 0 fully saturated rings. The molecule has 1 atom stereocenters. The molecule has 3 rings (SSSR count). The van der Waals surface area contributed by atoms with Gasteiger partial charge in [-0.15, -0.1) is 5.10 Å². The fourth-order valence-corrected chi connectivity index (χ4v) is 2.72. The van der Waals surface area contributed by atoms with Gasteiger partial charge in [-0.25, -0.2) is 4.68 Å². The average Bonchev–Trinajstić information content (AvgIpc) is 2.95. The molecule has 1 aromatic carbocycles. The number of hydrogen-bond donors (Lipinski definition) is 2. The fraction of sp³-hybridized carbons (Fsp3) is 0.375. The highest BCUT2D eigenvalue weighted by Crippen LogP contribution is 2.24. The van der Waals surface area contributed by atoms with Gasteiger partial charge in [0.1, 0.15) is 11.7 Å². The molecule has 0 spiro atoms. The van der Waals surface area contributed by atoms with E-state index in [2.05, 4.69) is 20.9 Å². The summed E-state index contributed by atoms with van der Waals surface area (Å²) in [6, 6.07) is 8.65. The van der Waals surface area contributed by atoms with E-state index in [1.165, 1.54) is 0 Å². The van der Waals surface area contributed by atoms with Gasteiger partial charge in [0.2, 0.25) is 5.91 Å². The number of carbonyl (C=O) groups excluding carboxylic acids is 2. The lowest BCUT2D eigenvalue weighted by atomic mass is 10.0. The first-order chi connectivity index (χ1) is 11.1. The molecule has 2 aromatic rings. The molecule has 2 amide bonds. The van der Waals surface area contributed by atoms with Crippen molar-refractivity contribution >= 4 is 11.8 Å². The van der Waals surface area contributed by atoms with Gasteiger partial charge in [-0.3, -0.25) is 9.59 Å². The SMILES string of the molecule is CC(C)C1C(=O)NCc2c(CNC(=O)c3ccccc3)nnn21. The summed E-state index contributed by atoms with van der Waals surface area (Å²) >= 11 is 0. The molecule has 1 aliphatic rings. The molecule has 23 heavy (non-hydrogen) atoms. The molecule has 7 nitrogen and oxygen atoms in total. The van der Waals surface area contributed by atoms with Gasteiger partial charge in [0.25, 0.3) is 5.91 Å². The molecule has 7 heteroatoms. The second kappa shape index (κ2) is 6.20. The van der Waals surface area contributed by atoms with E-state index in [1.807, 2.05) is 32.0 Å². The van der Waals surface area contributed by atoms with Crippen LogP contribution in [0.2, 0.25) is 0 Å². The zero-order chi connectivity index (χ0) is 16.4. The topological polar surface area (TPSA) is 88.9 Å². The molecule has 2 N–H and O–H groups in total. The Labute approximate surface area is 134 Å². The zero-order valence-corrected chi connectivity index (χ0v) is 13.1. The average molecular weight is 313 g/mol. The summed E-state index contributed by atoms with van der Waals surface area (Å²) in [4.78, 5) is 24.1. The number of nitrogens with one attached hydrogen (secondary N) is 2. The summed E-state index contributed by atoms with van der Waals surface area (Å²) in [5.41, 5.74) is 2.12. The van der Waals surface area contributed by atoms with Gasteiger partial charge in [-0.2, -0.15) is 0 Å². The summed E-state index contributed by atoms with van der Waals surface area (Å²) in [5.74, 6) is -0.0904. The zero-order valence-electron chi connectivity index (χ0n) is 13.1. The van der Waals surface area contributed by atoms with Crippen LogP contribution < -0.4 is 10.6 Å². The van der Waals surface area contributed by atoms with E-state index in [9.17, 15) is 9.59 Å². The molecule has 0 saturated carbocycles. The van der Waals surface area contributed by atoms with Gasteiger partial charge in [-0.05, 0) is 18.1 Å². The van der Waals surface area contributed by atoms with Crippen molar-refractivity contribution in [3.05, 3.63) is 47.3 Å². The van der Waals surface area contributed by atoms with Crippen molar-refractivity contribution in [3.63, 3.8) is 0 Å². The number of benzene rings is 1. The van der Waals surface area contributed by atoms with E-state index in [1.54, 1.807) is 16.8 Å². The Morgan fingerprint density at radius 1 is 1.39 bits per heavy atom. The third kappa shape index (κ3) is 2.94. The molecule has 1 unspecified atom stereocenters. The predicted molar refractivity (Wildman–Crippen MR) is 83.4 cm³/mol. The number of carbonyl (C=O) groups is 2. The van der Waals surface area contributed by atoms with Crippen LogP contribution in [0.3, 0.4) is 0 Å². The van der Waals surface area contributed by atoms with Crippen LogP contribution in [0.15, 0.2) is 30.3 Å². The maximum absolute atomic E-state index is 12.1. The fourth-order valence-electron chi connectivity index (χ4n) is 2.72. The van der Waals surface area contributed by atoms with Crippen molar-refractivity contribution in [1.82, 2.24) is 25.6 Å². The Bertz CT molecular complexity index is 723. The summed E-state index contributed by atoms with van der Waals surface area (Å²) in [7, 11) is 0. The van der Waals surface area contributed by atoms with E-state index in [0.717, 1.165) is 5.69 Å². The van der Waals surface area contributed by atoms with Crippen molar-refractivity contribution in [2.45, 2.75) is 33.0 Å². The van der Waals surface area contributed by atoms with Crippen LogP contribution in [0.4, 0.5) is 0 Å². The number of fused-ring (bicyclic) bond motifs is 1. The molecule has 0 radical (unpaired) electrons. The van der Waals surface area contributed by atoms with Gasteiger partial charge in [0.15, 0.2) is 0 Å². The number of nitrogens with zero attached hydrogens (tertiary/aromatic N) is 3. The molecule has 0 aliphatic carbocycles.